The molecule has 0 spiro atoms. The second-order valence-electron chi connectivity index (χ2n) is 9.20. The van der Waals surface area contributed by atoms with Crippen LogP contribution in [0.25, 0.3) is 0 Å². The molecule has 0 unspecified atom stereocenters. The number of esters is 1. The summed E-state index contributed by atoms with van der Waals surface area (Å²) >= 11 is 0. The van der Waals surface area contributed by atoms with Crippen molar-refractivity contribution in [2.24, 2.45) is 5.92 Å². The van der Waals surface area contributed by atoms with E-state index in [1.54, 1.807) is 6.92 Å². The van der Waals surface area contributed by atoms with Crippen molar-refractivity contribution < 1.29 is 23.5 Å². The number of carbonyl (C=O) groups excluding carboxylic acids is 3. The Kier molecular flexibility index (Phi) is 7.83. The zero-order valence-corrected chi connectivity index (χ0v) is 20.5. The van der Waals surface area contributed by atoms with Gasteiger partial charge in [0.1, 0.15) is 5.92 Å². The van der Waals surface area contributed by atoms with Gasteiger partial charge in [0.15, 0.2) is 8.32 Å². The van der Waals surface area contributed by atoms with E-state index in [1.165, 1.54) is 6.08 Å². The number of nitrogens with zero attached hydrogens (tertiary/aromatic N) is 1. The van der Waals surface area contributed by atoms with Gasteiger partial charge < -0.3 is 14.5 Å². The molecule has 31 heavy (non-hydrogen) atoms. The van der Waals surface area contributed by atoms with Gasteiger partial charge in [-0.3, -0.25) is 4.79 Å². The smallest absolute Gasteiger partial charge is 0.332 e. The summed E-state index contributed by atoms with van der Waals surface area (Å²) in [5, 5.41) is 2.70. The zero-order valence-electron chi connectivity index (χ0n) is 19.5. The van der Waals surface area contributed by atoms with Gasteiger partial charge in [-0.15, -0.1) is 0 Å². The van der Waals surface area contributed by atoms with Crippen LogP contribution in [0.15, 0.2) is 42.1 Å². The van der Waals surface area contributed by atoms with Gasteiger partial charge in [-0.25, -0.2) is 14.5 Å². The number of hydrogen-bond donors (Lipinski definition) is 1. The van der Waals surface area contributed by atoms with Gasteiger partial charge in [0.25, 0.3) is 0 Å². The lowest BCUT2D eigenvalue weighted by molar-refractivity contribution is -0.142. The number of rotatable bonds is 7. The first-order valence-electron chi connectivity index (χ1n) is 10.6. The van der Waals surface area contributed by atoms with Gasteiger partial charge >= 0.3 is 12.0 Å². The number of hydrogen-bond acceptors (Lipinski definition) is 5. The normalized spacial score (nSPS) is 19.1. The number of urea groups is 1. The molecule has 8 heteroatoms. The van der Waals surface area contributed by atoms with Crippen molar-refractivity contribution in [1.29, 1.82) is 0 Å². The van der Waals surface area contributed by atoms with Crippen LogP contribution in [0.4, 0.5) is 4.79 Å². The second-order valence-corrected chi connectivity index (χ2v) is 14.0. The lowest BCUT2D eigenvalue weighted by atomic mass is 9.88. The average molecular weight is 447 g/mol. The van der Waals surface area contributed by atoms with Gasteiger partial charge in [0, 0.05) is 12.6 Å². The van der Waals surface area contributed by atoms with Crippen molar-refractivity contribution >= 4 is 26.2 Å². The molecule has 1 N–H and O–H groups in total. The number of carbonyl (C=O) groups is 3. The lowest BCUT2D eigenvalue weighted by Gasteiger charge is -2.46. The molecule has 0 aliphatic carbocycles. The summed E-state index contributed by atoms with van der Waals surface area (Å²) in [6.45, 7) is 14.6. The predicted molar refractivity (Wildman–Crippen MR) is 121 cm³/mol. The van der Waals surface area contributed by atoms with Gasteiger partial charge in [0.05, 0.1) is 18.4 Å². The number of imide groups is 1. The van der Waals surface area contributed by atoms with Crippen LogP contribution < -0.4 is 5.32 Å². The summed E-state index contributed by atoms with van der Waals surface area (Å²) < 4.78 is 11.4. The Balaban J connectivity index is 2.20. The third kappa shape index (κ3) is 5.83. The molecule has 1 aromatic rings. The molecule has 1 heterocycles. The van der Waals surface area contributed by atoms with E-state index >= 15 is 0 Å². The Bertz CT molecular complexity index is 845. The minimum absolute atomic E-state index is 0.0359. The van der Waals surface area contributed by atoms with E-state index in [1.807, 2.05) is 37.3 Å². The van der Waals surface area contributed by atoms with Crippen LogP contribution in [0.5, 0.6) is 0 Å². The summed E-state index contributed by atoms with van der Waals surface area (Å²) in [5.41, 5.74) is 1.21. The van der Waals surface area contributed by atoms with Crippen LogP contribution in [-0.2, 0) is 25.3 Å². The molecule has 7 nitrogen and oxygen atoms in total. The Morgan fingerprint density at radius 3 is 2.39 bits per heavy atom. The summed E-state index contributed by atoms with van der Waals surface area (Å²) in [5.74, 6) is -1.66. The van der Waals surface area contributed by atoms with Crippen molar-refractivity contribution in [2.75, 3.05) is 6.61 Å². The van der Waals surface area contributed by atoms with Gasteiger partial charge in [-0.05, 0) is 37.5 Å². The predicted octanol–water partition coefficient (Wildman–Crippen LogP) is 4.21. The second kappa shape index (κ2) is 9.78. The molecule has 0 saturated carbocycles. The van der Waals surface area contributed by atoms with Gasteiger partial charge in [-0.2, -0.15) is 0 Å². The minimum Gasteiger partial charge on any atom is -0.463 e. The van der Waals surface area contributed by atoms with E-state index in [0.717, 1.165) is 10.5 Å². The molecule has 2 atom stereocenters. The molecule has 2 rings (SSSR count). The SMILES string of the molecule is CCOC(=O)/C=C1\[C@@H]([C@H](C)O[Si](C)(C)C(C)(C)C)C(=O)N1C(=O)NCc1ccccc1. The first-order valence-corrected chi connectivity index (χ1v) is 13.5. The fourth-order valence-corrected chi connectivity index (χ4v) is 4.56. The van der Waals surface area contributed by atoms with E-state index in [2.05, 4.69) is 39.2 Å². The molecular weight excluding hydrogens is 412 g/mol. The van der Waals surface area contributed by atoms with E-state index in [-0.39, 0.29) is 24.1 Å². The van der Waals surface area contributed by atoms with Crippen molar-refractivity contribution in [2.45, 2.75) is 65.4 Å². The summed E-state index contributed by atoms with van der Waals surface area (Å²) in [7, 11) is -2.15. The number of amides is 3. The maximum absolute atomic E-state index is 12.9. The highest BCUT2D eigenvalue weighted by atomic mass is 28.4. The summed E-state index contributed by atoms with van der Waals surface area (Å²) in [6.07, 6.45) is 0.760. The molecule has 170 valence electrons. The third-order valence-electron chi connectivity index (χ3n) is 5.86. The highest BCUT2D eigenvalue weighted by Gasteiger charge is 2.52. The zero-order chi connectivity index (χ0) is 23.4. The maximum Gasteiger partial charge on any atom is 0.332 e. The van der Waals surface area contributed by atoms with Crippen LogP contribution in [0, 0.1) is 5.92 Å². The Hall–Kier alpha value is -2.45. The van der Waals surface area contributed by atoms with Crippen LogP contribution in [0.2, 0.25) is 18.1 Å². The molecule has 1 aromatic carbocycles. The number of likely N-dealkylation sites (tertiary alicyclic amines) is 1. The van der Waals surface area contributed by atoms with E-state index in [9.17, 15) is 14.4 Å². The van der Waals surface area contributed by atoms with Crippen molar-refractivity contribution in [3.63, 3.8) is 0 Å². The number of β-lactam (4-membered cyclic amide) rings is 1. The Labute approximate surface area is 185 Å². The number of ether oxygens (including phenoxy) is 1. The molecule has 0 radical (unpaired) electrons. The fraction of sp³-hybridized carbons (Fsp3) is 0.522. The van der Waals surface area contributed by atoms with Crippen LogP contribution >= 0.6 is 0 Å². The van der Waals surface area contributed by atoms with E-state index in [4.69, 9.17) is 9.16 Å². The third-order valence-corrected chi connectivity index (χ3v) is 10.4. The highest BCUT2D eigenvalue weighted by Crippen LogP contribution is 2.41. The number of nitrogens with one attached hydrogen (secondary N) is 1. The maximum atomic E-state index is 12.9. The molecule has 1 aliphatic rings. The molecule has 3 amide bonds. The lowest BCUT2D eigenvalue weighted by Crippen LogP contribution is -2.61. The van der Waals surface area contributed by atoms with Crippen molar-refractivity contribution in [1.82, 2.24) is 10.2 Å². The fourth-order valence-electron chi connectivity index (χ4n) is 3.15. The first kappa shape index (κ1) is 24.8. The van der Waals surface area contributed by atoms with E-state index < -0.39 is 32.3 Å². The van der Waals surface area contributed by atoms with Crippen molar-refractivity contribution in [3.05, 3.63) is 47.7 Å². The molecule has 1 fully saturated rings. The molecular formula is C23H34N2O5Si. The summed E-state index contributed by atoms with van der Waals surface area (Å²) in [4.78, 5) is 38.8. The minimum atomic E-state index is -2.15. The molecule has 1 saturated heterocycles. The monoisotopic (exact) mass is 446 g/mol. The van der Waals surface area contributed by atoms with Gasteiger partial charge in [-0.1, -0.05) is 51.1 Å². The van der Waals surface area contributed by atoms with Crippen LogP contribution in [0.1, 0.15) is 40.2 Å². The van der Waals surface area contributed by atoms with Gasteiger partial charge in [0.2, 0.25) is 5.91 Å². The quantitative estimate of drug-likeness (QED) is 0.293. The van der Waals surface area contributed by atoms with E-state index in [0.29, 0.717) is 5.70 Å². The molecule has 0 bridgehead atoms. The molecule has 1 aliphatic heterocycles. The Morgan fingerprint density at radius 2 is 1.84 bits per heavy atom. The molecule has 0 aromatic heterocycles. The standard InChI is InChI=1S/C23H34N2O5Si/c1-8-29-19(26)14-18-20(16(2)30-31(6,7)23(3,4)5)21(27)25(18)22(28)24-15-17-12-10-9-11-13-17/h9-14,16,20H,8,15H2,1-7H3,(H,24,28)/b18-14+/t16-,20+/m0/s1. The topological polar surface area (TPSA) is 84.9 Å². The largest absolute Gasteiger partial charge is 0.463 e. The number of benzene rings is 1. The van der Waals surface area contributed by atoms with Crippen molar-refractivity contribution in [3.8, 4) is 0 Å². The van der Waals surface area contributed by atoms with Crippen LogP contribution in [0.3, 0.4) is 0 Å². The Morgan fingerprint density at radius 1 is 1.23 bits per heavy atom. The summed E-state index contributed by atoms with van der Waals surface area (Å²) in [6, 6.07) is 8.83. The van der Waals surface area contributed by atoms with Crippen LogP contribution in [-0.4, -0.2) is 43.8 Å². The first-order chi connectivity index (χ1) is 14.4. The average Bonchev–Trinajstić information content (AvgIpc) is 2.65. The highest BCUT2D eigenvalue weighted by molar-refractivity contribution is 6.74.